The van der Waals surface area contributed by atoms with Crippen molar-refractivity contribution >= 4 is 33.4 Å². The molecule has 4 aromatic carbocycles. The molecule has 0 unspecified atom stereocenters. The van der Waals surface area contributed by atoms with E-state index in [1.807, 2.05) is 74.5 Å². The van der Waals surface area contributed by atoms with Gasteiger partial charge in [0.05, 0.1) is 22.6 Å². The van der Waals surface area contributed by atoms with Gasteiger partial charge in [0.1, 0.15) is 12.6 Å². The van der Waals surface area contributed by atoms with Crippen LogP contribution in [0.2, 0.25) is 0 Å². The number of carbonyl (C=O) groups excluding carboxylic acids is 3. The Bertz CT molecular complexity index is 1790. The van der Waals surface area contributed by atoms with E-state index in [9.17, 15) is 22.8 Å². The van der Waals surface area contributed by atoms with Gasteiger partial charge in [0.2, 0.25) is 5.91 Å². The molecule has 1 fully saturated rings. The Hall–Kier alpha value is -4.96. The average molecular weight is 654 g/mol. The highest BCUT2D eigenvalue weighted by Gasteiger charge is 2.45. The number of ether oxygens (including phenoxy) is 1. The predicted octanol–water partition coefficient (Wildman–Crippen LogP) is 6.56. The van der Waals surface area contributed by atoms with Crippen LogP contribution in [0.1, 0.15) is 59.9 Å². The SMILES string of the molecule is CCS(=O)(=O)c1ccc(CNC(=O)c2ccc(N[C@H](c3ccccc3)[C@H](C(=O)N3C(=O)OC[C@@H]3c3ccccc3)C(C)C)cc2)cc1. The summed E-state index contributed by atoms with van der Waals surface area (Å²) >= 11 is 0. The minimum Gasteiger partial charge on any atom is -0.446 e. The van der Waals surface area contributed by atoms with Crippen molar-refractivity contribution in [3.63, 3.8) is 0 Å². The van der Waals surface area contributed by atoms with Gasteiger partial charge >= 0.3 is 6.09 Å². The van der Waals surface area contributed by atoms with Crippen molar-refractivity contribution in [1.29, 1.82) is 0 Å². The molecule has 1 heterocycles. The summed E-state index contributed by atoms with van der Waals surface area (Å²) in [5.74, 6) is -1.36. The summed E-state index contributed by atoms with van der Waals surface area (Å²) in [6.45, 7) is 5.86. The van der Waals surface area contributed by atoms with Crippen LogP contribution in [0.4, 0.5) is 10.5 Å². The van der Waals surface area contributed by atoms with E-state index in [2.05, 4.69) is 10.6 Å². The largest absolute Gasteiger partial charge is 0.446 e. The van der Waals surface area contributed by atoms with E-state index < -0.39 is 33.9 Å². The van der Waals surface area contributed by atoms with E-state index >= 15 is 0 Å². The van der Waals surface area contributed by atoms with E-state index in [0.29, 0.717) is 11.3 Å². The first-order valence-corrected chi connectivity index (χ1v) is 17.3. The maximum Gasteiger partial charge on any atom is 0.417 e. The minimum absolute atomic E-state index is 0.0241. The highest BCUT2D eigenvalue weighted by Crippen LogP contribution is 2.37. The summed E-state index contributed by atoms with van der Waals surface area (Å²) in [5.41, 5.74) is 3.62. The summed E-state index contributed by atoms with van der Waals surface area (Å²) in [5, 5.41) is 6.39. The van der Waals surface area contributed by atoms with Crippen LogP contribution < -0.4 is 10.6 Å². The zero-order chi connectivity index (χ0) is 33.6. The van der Waals surface area contributed by atoms with Crippen molar-refractivity contribution in [3.8, 4) is 0 Å². The van der Waals surface area contributed by atoms with Crippen LogP contribution in [0.3, 0.4) is 0 Å². The molecule has 0 spiro atoms. The van der Waals surface area contributed by atoms with Gasteiger partial charge in [0, 0.05) is 17.8 Å². The number of rotatable bonds is 12. The molecule has 0 aliphatic carbocycles. The lowest BCUT2D eigenvalue weighted by Crippen LogP contribution is -2.44. The van der Waals surface area contributed by atoms with E-state index in [0.717, 1.165) is 16.7 Å². The maximum atomic E-state index is 14.3. The average Bonchev–Trinajstić information content (AvgIpc) is 3.49. The number of sulfone groups is 1. The van der Waals surface area contributed by atoms with E-state index in [1.54, 1.807) is 55.5 Å². The van der Waals surface area contributed by atoms with E-state index in [-0.39, 0.29) is 41.5 Å². The van der Waals surface area contributed by atoms with Crippen LogP contribution >= 0.6 is 0 Å². The monoisotopic (exact) mass is 653 g/mol. The van der Waals surface area contributed by atoms with Crippen molar-refractivity contribution in [2.75, 3.05) is 17.7 Å². The van der Waals surface area contributed by atoms with Crippen LogP contribution in [0, 0.1) is 11.8 Å². The summed E-state index contributed by atoms with van der Waals surface area (Å²) < 4.78 is 29.5. The Balaban J connectivity index is 1.33. The summed E-state index contributed by atoms with van der Waals surface area (Å²) in [7, 11) is -3.29. The molecule has 0 aromatic heterocycles. The highest BCUT2D eigenvalue weighted by molar-refractivity contribution is 7.91. The van der Waals surface area contributed by atoms with Crippen molar-refractivity contribution < 1.29 is 27.5 Å². The molecular weight excluding hydrogens is 614 g/mol. The molecule has 47 heavy (non-hydrogen) atoms. The number of benzene rings is 4. The van der Waals surface area contributed by atoms with Crippen LogP contribution in [-0.2, 0) is 25.9 Å². The third kappa shape index (κ3) is 7.72. The molecule has 2 N–H and O–H groups in total. The summed E-state index contributed by atoms with van der Waals surface area (Å²) in [6, 6.07) is 31.5. The molecule has 1 aliphatic heterocycles. The third-order valence-electron chi connectivity index (χ3n) is 8.40. The zero-order valence-corrected chi connectivity index (χ0v) is 27.4. The van der Waals surface area contributed by atoms with Gasteiger partial charge in [-0.05, 0) is 59.0 Å². The predicted molar refractivity (Wildman–Crippen MR) is 180 cm³/mol. The van der Waals surface area contributed by atoms with Crippen molar-refractivity contribution in [3.05, 3.63) is 131 Å². The van der Waals surface area contributed by atoms with Gasteiger partial charge in [-0.1, -0.05) is 93.6 Å². The molecular formula is C37H39N3O6S. The molecule has 0 bridgehead atoms. The fourth-order valence-corrected chi connectivity index (χ4v) is 6.65. The lowest BCUT2D eigenvalue weighted by atomic mass is 9.82. The molecule has 244 valence electrons. The third-order valence-corrected chi connectivity index (χ3v) is 10.2. The van der Waals surface area contributed by atoms with Crippen LogP contribution in [0.25, 0.3) is 0 Å². The molecule has 0 radical (unpaired) electrons. The number of hydrogen-bond donors (Lipinski definition) is 2. The first-order valence-electron chi connectivity index (χ1n) is 15.6. The molecule has 5 rings (SSSR count). The fraction of sp³-hybridized carbons (Fsp3) is 0.270. The van der Waals surface area contributed by atoms with E-state index in [4.69, 9.17) is 4.74 Å². The number of amides is 3. The molecule has 9 nitrogen and oxygen atoms in total. The number of carbonyl (C=O) groups is 3. The fourth-order valence-electron chi connectivity index (χ4n) is 5.76. The number of hydrogen-bond acceptors (Lipinski definition) is 7. The maximum absolute atomic E-state index is 14.3. The molecule has 4 aromatic rings. The number of anilines is 1. The number of nitrogens with one attached hydrogen (secondary N) is 2. The first-order chi connectivity index (χ1) is 22.6. The van der Waals surface area contributed by atoms with Gasteiger partial charge in [-0.15, -0.1) is 0 Å². The minimum atomic E-state index is -3.29. The Morgan fingerprint density at radius 3 is 2.09 bits per heavy atom. The topological polar surface area (TPSA) is 122 Å². The van der Waals surface area contributed by atoms with Crippen LogP contribution in [0.5, 0.6) is 0 Å². The Kier molecular flexibility index (Phi) is 10.4. The second-order valence-corrected chi connectivity index (χ2v) is 14.1. The molecule has 1 saturated heterocycles. The molecule has 0 saturated carbocycles. The van der Waals surface area contributed by atoms with Gasteiger partial charge in [0.25, 0.3) is 5.91 Å². The van der Waals surface area contributed by atoms with Crippen LogP contribution in [0.15, 0.2) is 114 Å². The first kappa shape index (κ1) is 33.4. The number of nitrogens with zero attached hydrogens (tertiary/aromatic N) is 1. The van der Waals surface area contributed by atoms with Crippen molar-refractivity contribution in [2.24, 2.45) is 11.8 Å². The van der Waals surface area contributed by atoms with Crippen molar-refractivity contribution in [2.45, 2.75) is 44.3 Å². The smallest absolute Gasteiger partial charge is 0.417 e. The standard InChI is InChI=1S/C37H39N3O6S/c1-4-47(44,45)31-21-15-26(16-22-31)23-38-35(41)29-17-19-30(20-18-29)39-34(28-13-9-6-10-14-28)33(25(2)3)36(42)40-32(24-46-37(40)43)27-11-7-5-8-12-27/h5-22,25,32-34,39H,4,23-24H2,1-3H3,(H,38,41)/t32-,33-,34-/m1/s1. The Labute approximate surface area is 275 Å². The zero-order valence-electron chi connectivity index (χ0n) is 26.6. The molecule has 3 amide bonds. The lowest BCUT2D eigenvalue weighted by Gasteiger charge is -2.34. The van der Waals surface area contributed by atoms with Gasteiger partial charge in [-0.25, -0.2) is 18.1 Å². The normalized spacial score (nSPS) is 16.0. The number of imide groups is 1. The second-order valence-electron chi connectivity index (χ2n) is 11.8. The van der Waals surface area contributed by atoms with E-state index in [1.165, 1.54) is 4.90 Å². The Morgan fingerprint density at radius 1 is 0.872 bits per heavy atom. The van der Waals surface area contributed by atoms with Crippen molar-refractivity contribution in [1.82, 2.24) is 10.2 Å². The molecule has 1 aliphatic rings. The summed E-state index contributed by atoms with van der Waals surface area (Å²) in [4.78, 5) is 41.7. The Morgan fingerprint density at radius 2 is 1.49 bits per heavy atom. The van der Waals surface area contributed by atoms with Gasteiger partial charge < -0.3 is 15.4 Å². The van der Waals surface area contributed by atoms with Gasteiger partial charge in [-0.2, -0.15) is 0 Å². The highest BCUT2D eigenvalue weighted by atomic mass is 32.2. The van der Waals surface area contributed by atoms with Gasteiger partial charge in [-0.3, -0.25) is 9.59 Å². The second kappa shape index (κ2) is 14.6. The lowest BCUT2D eigenvalue weighted by molar-refractivity contribution is -0.135. The molecule has 10 heteroatoms. The quantitative estimate of drug-likeness (QED) is 0.178. The van der Waals surface area contributed by atoms with Crippen LogP contribution in [-0.4, -0.2) is 43.6 Å². The molecule has 3 atom stereocenters. The van der Waals surface area contributed by atoms with Gasteiger partial charge in [0.15, 0.2) is 9.84 Å². The summed E-state index contributed by atoms with van der Waals surface area (Å²) in [6.07, 6.45) is -0.654. The number of cyclic esters (lactones) is 1.